The topological polar surface area (TPSA) is 73.2 Å². The summed E-state index contributed by atoms with van der Waals surface area (Å²) in [6.45, 7) is 0. The summed E-state index contributed by atoms with van der Waals surface area (Å²) in [5.74, 6) is 0. The summed E-state index contributed by atoms with van der Waals surface area (Å²) in [5, 5.41) is 1.15. The number of fused-ring (bicyclic) bond motifs is 9. The molecule has 7 rings (SSSR count). The minimum Gasteiger partial charge on any atom is -0.355 e. The van der Waals surface area contributed by atoms with E-state index in [0.29, 0.717) is 0 Å². The Morgan fingerprint density at radius 3 is 2.03 bits per heavy atom. The highest BCUT2D eigenvalue weighted by molar-refractivity contribution is 9.10. The number of hydrogen-bond acceptors (Lipinski definition) is 2. The Morgan fingerprint density at radius 1 is 0.559 bits per heavy atom. The van der Waals surface area contributed by atoms with Crippen LogP contribution in [0, 0.1) is 0 Å². The lowest BCUT2D eigenvalue weighted by atomic mass is 10.1. The van der Waals surface area contributed by atoms with Gasteiger partial charge in [-0.1, -0.05) is 22.0 Å². The van der Waals surface area contributed by atoms with E-state index in [0.717, 1.165) is 71.5 Å². The second-order valence-electron chi connectivity index (χ2n) is 8.47. The summed E-state index contributed by atoms with van der Waals surface area (Å²) in [6.07, 6.45) is 8.19. The van der Waals surface area contributed by atoms with Crippen LogP contribution in [-0.4, -0.2) is 24.9 Å². The maximum atomic E-state index is 4.97. The highest BCUT2D eigenvalue weighted by Crippen LogP contribution is 2.32. The van der Waals surface area contributed by atoms with Crippen molar-refractivity contribution < 1.29 is 0 Å². The molecule has 5 nitrogen and oxygen atoms in total. The molecule has 0 unspecified atom stereocenters. The Labute approximate surface area is 203 Å². The molecule has 0 saturated heterocycles. The van der Waals surface area contributed by atoms with Gasteiger partial charge in [0, 0.05) is 37.5 Å². The molecule has 8 bridgehead atoms. The molecule has 2 aliphatic heterocycles. The first-order valence-corrected chi connectivity index (χ1v) is 11.8. The van der Waals surface area contributed by atoms with Crippen molar-refractivity contribution in [2.24, 2.45) is 0 Å². The molecule has 6 heteroatoms. The van der Waals surface area contributed by atoms with Crippen molar-refractivity contribution in [3.05, 3.63) is 94.0 Å². The first-order chi connectivity index (χ1) is 16.7. The van der Waals surface area contributed by atoms with Crippen LogP contribution >= 0.6 is 15.9 Å². The standard InChI is InChI=1S/C28H18BrN5/c29-17-2-1-16-11-27(34-26(16)12-17)28-24-9-7-22(32-24)14-20-5-3-18(30-20)13-19-4-6-21(31-19)15-23-8-10-25(28)33-23/h1-15,30,33-34H. The number of aromatic amines is 3. The molecule has 2 aliphatic rings. The third-order valence-corrected chi connectivity index (χ3v) is 6.57. The molecule has 0 radical (unpaired) electrons. The van der Waals surface area contributed by atoms with Gasteiger partial charge in [-0.05, 0) is 85.0 Å². The predicted octanol–water partition coefficient (Wildman–Crippen LogP) is 7.57. The molecule has 0 atom stereocenters. The lowest BCUT2D eigenvalue weighted by molar-refractivity contribution is 1.30. The maximum absolute atomic E-state index is 4.97. The first kappa shape index (κ1) is 19.3. The van der Waals surface area contributed by atoms with E-state index in [2.05, 4.69) is 104 Å². The number of aromatic nitrogens is 5. The van der Waals surface area contributed by atoms with Gasteiger partial charge in [-0.15, -0.1) is 0 Å². The number of H-pyrrole nitrogens is 3. The molecule has 162 valence electrons. The van der Waals surface area contributed by atoms with Crippen molar-refractivity contribution in [3.8, 4) is 11.3 Å². The molecule has 0 fully saturated rings. The van der Waals surface area contributed by atoms with E-state index in [4.69, 9.17) is 9.97 Å². The van der Waals surface area contributed by atoms with Gasteiger partial charge >= 0.3 is 0 Å². The van der Waals surface area contributed by atoms with E-state index in [9.17, 15) is 0 Å². The van der Waals surface area contributed by atoms with Crippen LogP contribution in [0.1, 0.15) is 22.8 Å². The highest BCUT2D eigenvalue weighted by atomic mass is 79.9. The van der Waals surface area contributed by atoms with Crippen LogP contribution in [0.15, 0.2) is 71.2 Å². The second kappa shape index (κ2) is 7.43. The van der Waals surface area contributed by atoms with Gasteiger partial charge in [-0.25, -0.2) is 9.97 Å². The normalized spacial score (nSPS) is 12.6. The fourth-order valence-corrected chi connectivity index (χ4v) is 4.89. The van der Waals surface area contributed by atoms with E-state index in [-0.39, 0.29) is 0 Å². The minimum absolute atomic E-state index is 0.902. The lowest BCUT2D eigenvalue weighted by Gasteiger charge is -2.00. The first-order valence-electron chi connectivity index (χ1n) is 11.0. The number of halogens is 1. The summed E-state index contributed by atoms with van der Waals surface area (Å²) in [6, 6.07) is 22.9. The van der Waals surface area contributed by atoms with Crippen LogP contribution in [0.5, 0.6) is 0 Å². The quantitative estimate of drug-likeness (QED) is 0.216. The van der Waals surface area contributed by atoms with Gasteiger partial charge < -0.3 is 15.0 Å². The van der Waals surface area contributed by atoms with Crippen molar-refractivity contribution in [3.63, 3.8) is 0 Å². The zero-order valence-corrected chi connectivity index (χ0v) is 19.5. The van der Waals surface area contributed by atoms with Crippen molar-refractivity contribution in [1.82, 2.24) is 24.9 Å². The molecule has 4 aromatic heterocycles. The average molecular weight is 504 g/mol. The zero-order valence-electron chi connectivity index (χ0n) is 17.9. The summed E-state index contributed by atoms with van der Waals surface area (Å²) in [7, 11) is 0. The van der Waals surface area contributed by atoms with Gasteiger partial charge in [0.2, 0.25) is 0 Å². The summed E-state index contributed by atoms with van der Waals surface area (Å²) < 4.78 is 1.04. The number of nitrogens with one attached hydrogen (secondary N) is 3. The Kier molecular flexibility index (Phi) is 4.22. The van der Waals surface area contributed by atoms with Crippen LogP contribution in [-0.2, 0) is 0 Å². The third-order valence-electron chi connectivity index (χ3n) is 6.07. The van der Waals surface area contributed by atoms with Gasteiger partial charge in [-0.2, -0.15) is 0 Å². The van der Waals surface area contributed by atoms with E-state index in [1.165, 1.54) is 0 Å². The van der Waals surface area contributed by atoms with Gasteiger partial charge in [0.15, 0.2) is 0 Å². The lowest BCUT2D eigenvalue weighted by Crippen LogP contribution is -1.85. The van der Waals surface area contributed by atoms with Crippen molar-refractivity contribution >= 4 is 73.2 Å². The van der Waals surface area contributed by atoms with Crippen LogP contribution in [0.2, 0.25) is 0 Å². The van der Waals surface area contributed by atoms with Gasteiger partial charge in [0.1, 0.15) is 0 Å². The van der Waals surface area contributed by atoms with Crippen LogP contribution in [0.25, 0.3) is 68.5 Å². The molecule has 3 N–H and O–H groups in total. The summed E-state index contributed by atoms with van der Waals surface area (Å²) in [5.41, 5.74) is 10.7. The molecular formula is C28H18BrN5. The SMILES string of the molecule is Brc1ccc2cc(-c3c4nc(cc5ccc(cc6nc(cc7ccc3[nH]7)C=C6)[nH]5)C=C4)[nH]c2c1. The molecule has 0 spiro atoms. The van der Waals surface area contributed by atoms with E-state index < -0.39 is 0 Å². The number of nitrogens with zero attached hydrogens (tertiary/aromatic N) is 2. The van der Waals surface area contributed by atoms with Gasteiger partial charge in [0.05, 0.1) is 34.0 Å². The highest BCUT2D eigenvalue weighted by Gasteiger charge is 2.13. The molecular weight excluding hydrogens is 486 g/mol. The molecule has 0 saturated carbocycles. The van der Waals surface area contributed by atoms with E-state index >= 15 is 0 Å². The van der Waals surface area contributed by atoms with Crippen molar-refractivity contribution in [2.45, 2.75) is 0 Å². The Morgan fingerprint density at radius 2 is 1.24 bits per heavy atom. The Hall–Kier alpha value is -4.16. The van der Waals surface area contributed by atoms with Crippen LogP contribution in [0.3, 0.4) is 0 Å². The number of rotatable bonds is 1. The van der Waals surface area contributed by atoms with E-state index in [1.807, 2.05) is 18.2 Å². The van der Waals surface area contributed by atoms with Crippen molar-refractivity contribution in [2.75, 3.05) is 0 Å². The predicted molar refractivity (Wildman–Crippen MR) is 144 cm³/mol. The van der Waals surface area contributed by atoms with Crippen LogP contribution < -0.4 is 0 Å². The van der Waals surface area contributed by atoms with Crippen molar-refractivity contribution in [1.29, 1.82) is 0 Å². The largest absolute Gasteiger partial charge is 0.355 e. The van der Waals surface area contributed by atoms with E-state index in [1.54, 1.807) is 0 Å². The molecule has 34 heavy (non-hydrogen) atoms. The second-order valence-corrected chi connectivity index (χ2v) is 9.38. The molecule has 0 aliphatic carbocycles. The molecule has 5 aromatic rings. The zero-order chi connectivity index (χ0) is 22.6. The third kappa shape index (κ3) is 3.40. The summed E-state index contributed by atoms with van der Waals surface area (Å²) in [4.78, 5) is 20.3. The van der Waals surface area contributed by atoms with Gasteiger partial charge in [0.25, 0.3) is 0 Å². The molecule has 1 aromatic carbocycles. The maximum Gasteiger partial charge on any atom is 0.0751 e. The average Bonchev–Trinajstić information content (AvgIpc) is 3.62. The van der Waals surface area contributed by atoms with Gasteiger partial charge in [-0.3, -0.25) is 0 Å². The summed E-state index contributed by atoms with van der Waals surface area (Å²) >= 11 is 3.58. The molecule has 0 amide bonds. The smallest absolute Gasteiger partial charge is 0.0751 e. The fraction of sp³-hybridized carbons (Fsp3) is 0. The number of hydrogen-bond donors (Lipinski definition) is 3. The molecule has 6 heterocycles. The minimum atomic E-state index is 0.902. The fourth-order valence-electron chi connectivity index (χ4n) is 4.53. The Balaban J connectivity index is 1.57. The number of benzene rings is 1. The Bertz CT molecular complexity index is 1830. The van der Waals surface area contributed by atoms with Crippen LogP contribution in [0.4, 0.5) is 0 Å². The monoisotopic (exact) mass is 503 g/mol.